The molecule has 0 saturated heterocycles. The summed E-state index contributed by atoms with van der Waals surface area (Å²) in [7, 11) is 0. The normalized spacial score (nSPS) is 15.4. The van der Waals surface area contributed by atoms with Crippen LogP contribution in [0.2, 0.25) is 0 Å². The molecule has 3 heteroatoms. The van der Waals surface area contributed by atoms with Crippen LogP contribution in [0.25, 0.3) is 0 Å². The molecular weight excluding hydrogens is 202 g/mol. The first-order chi connectivity index (χ1) is 7.28. The van der Waals surface area contributed by atoms with Gasteiger partial charge in [-0.25, -0.2) is 4.79 Å². The SMILES string of the molecule is CCC(C)CC(CC)NC(=O)OC(C)(C)C. The van der Waals surface area contributed by atoms with E-state index < -0.39 is 5.60 Å². The van der Waals surface area contributed by atoms with Crippen molar-refractivity contribution in [2.75, 3.05) is 0 Å². The highest BCUT2D eigenvalue weighted by atomic mass is 16.6. The van der Waals surface area contributed by atoms with E-state index in [-0.39, 0.29) is 12.1 Å². The quantitative estimate of drug-likeness (QED) is 0.780. The zero-order valence-electron chi connectivity index (χ0n) is 11.6. The molecule has 0 saturated carbocycles. The van der Waals surface area contributed by atoms with Crippen molar-refractivity contribution in [3.8, 4) is 0 Å². The van der Waals surface area contributed by atoms with E-state index in [1.165, 1.54) is 0 Å². The van der Waals surface area contributed by atoms with Crippen molar-refractivity contribution in [2.45, 2.75) is 72.4 Å². The molecule has 1 amide bonds. The number of carbonyl (C=O) groups excluding carboxylic acids is 1. The van der Waals surface area contributed by atoms with Crippen LogP contribution < -0.4 is 5.32 Å². The minimum Gasteiger partial charge on any atom is -0.444 e. The summed E-state index contributed by atoms with van der Waals surface area (Å²) in [5.41, 5.74) is -0.418. The van der Waals surface area contributed by atoms with E-state index in [4.69, 9.17) is 4.74 Å². The van der Waals surface area contributed by atoms with Gasteiger partial charge in [0.1, 0.15) is 5.60 Å². The fraction of sp³-hybridized carbons (Fsp3) is 0.923. The van der Waals surface area contributed by atoms with Crippen molar-refractivity contribution in [2.24, 2.45) is 5.92 Å². The van der Waals surface area contributed by atoms with E-state index in [1.54, 1.807) is 0 Å². The molecule has 0 radical (unpaired) electrons. The Morgan fingerprint density at radius 1 is 1.25 bits per heavy atom. The van der Waals surface area contributed by atoms with E-state index in [2.05, 4.69) is 26.1 Å². The number of carbonyl (C=O) groups is 1. The fourth-order valence-electron chi connectivity index (χ4n) is 1.45. The summed E-state index contributed by atoms with van der Waals surface area (Å²) in [5.74, 6) is 0.639. The summed E-state index contributed by atoms with van der Waals surface area (Å²) in [5, 5.41) is 2.93. The Morgan fingerprint density at radius 2 is 1.81 bits per heavy atom. The largest absolute Gasteiger partial charge is 0.444 e. The van der Waals surface area contributed by atoms with Crippen molar-refractivity contribution < 1.29 is 9.53 Å². The number of rotatable bonds is 5. The van der Waals surface area contributed by atoms with Crippen LogP contribution in [0.1, 0.15) is 60.8 Å². The van der Waals surface area contributed by atoms with E-state index in [9.17, 15) is 4.79 Å². The van der Waals surface area contributed by atoms with Crippen LogP contribution in [0.4, 0.5) is 4.79 Å². The van der Waals surface area contributed by atoms with Crippen molar-refractivity contribution in [1.82, 2.24) is 5.32 Å². The standard InChI is InChI=1S/C13H27NO2/c1-7-10(3)9-11(8-2)14-12(15)16-13(4,5)6/h10-11H,7-9H2,1-6H3,(H,14,15). The highest BCUT2D eigenvalue weighted by molar-refractivity contribution is 5.68. The van der Waals surface area contributed by atoms with Crippen molar-refractivity contribution in [1.29, 1.82) is 0 Å². The van der Waals surface area contributed by atoms with Crippen LogP contribution >= 0.6 is 0 Å². The maximum absolute atomic E-state index is 11.6. The van der Waals surface area contributed by atoms with E-state index in [0.717, 1.165) is 19.3 Å². The molecule has 2 unspecified atom stereocenters. The van der Waals surface area contributed by atoms with Gasteiger partial charge in [-0.2, -0.15) is 0 Å². The summed E-state index contributed by atoms with van der Waals surface area (Å²) in [4.78, 5) is 11.6. The lowest BCUT2D eigenvalue weighted by Gasteiger charge is -2.24. The maximum atomic E-state index is 11.6. The van der Waals surface area contributed by atoms with Crippen molar-refractivity contribution in [3.63, 3.8) is 0 Å². The van der Waals surface area contributed by atoms with Gasteiger partial charge in [-0.15, -0.1) is 0 Å². The minimum absolute atomic E-state index is 0.227. The summed E-state index contributed by atoms with van der Waals surface area (Å²) >= 11 is 0. The Kier molecular flexibility index (Phi) is 6.46. The highest BCUT2D eigenvalue weighted by Gasteiger charge is 2.19. The minimum atomic E-state index is -0.418. The molecule has 3 nitrogen and oxygen atoms in total. The molecule has 0 aromatic heterocycles. The average molecular weight is 229 g/mol. The molecule has 0 aliphatic carbocycles. The molecular formula is C13H27NO2. The van der Waals surface area contributed by atoms with Crippen LogP contribution in [0, 0.1) is 5.92 Å². The lowest BCUT2D eigenvalue weighted by Crippen LogP contribution is -2.39. The molecule has 2 atom stereocenters. The lowest BCUT2D eigenvalue weighted by atomic mass is 9.98. The monoisotopic (exact) mass is 229 g/mol. The molecule has 0 aliphatic rings. The van der Waals surface area contributed by atoms with Gasteiger partial charge in [0.2, 0.25) is 0 Å². The van der Waals surface area contributed by atoms with Gasteiger partial charge in [-0.1, -0.05) is 27.2 Å². The van der Waals surface area contributed by atoms with Gasteiger partial charge in [0, 0.05) is 6.04 Å². The van der Waals surface area contributed by atoms with Gasteiger partial charge in [0.25, 0.3) is 0 Å². The van der Waals surface area contributed by atoms with E-state index in [1.807, 2.05) is 20.8 Å². The molecule has 0 aliphatic heterocycles. The maximum Gasteiger partial charge on any atom is 0.407 e. The van der Waals surface area contributed by atoms with Crippen LogP contribution in [0.15, 0.2) is 0 Å². The number of hydrogen-bond donors (Lipinski definition) is 1. The first kappa shape index (κ1) is 15.3. The average Bonchev–Trinajstić information content (AvgIpc) is 2.13. The molecule has 0 fully saturated rings. The lowest BCUT2D eigenvalue weighted by molar-refractivity contribution is 0.0496. The molecule has 0 rings (SSSR count). The van der Waals surface area contributed by atoms with Gasteiger partial charge in [0.05, 0.1) is 0 Å². The Hall–Kier alpha value is -0.730. The van der Waals surface area contributed by atoms with E-state index >= 15 is 0 Å². The number of nitrogens with one attached hydrogen (secondary N) is 1. The zero-order chi connectivity index (χ0) is 12.8. The highest BCUT2D eigenvalue weighted by Crippen LogP contribution is 2.13. The molecule has 0 bridgehead atoms. The molecule has 0 aromatic rings. The fourth-order valence-corrected chi connectivity index (χ4v) is 1.45. The third-order valence-electron chi connectivity index (χ3n) is 2.60. The van der Waals surface area contributed by atoms with Crippen LogP contribution in [-0.4, -0.2) is 17.7 Å². The third-order valence-corrected chi connectivity index (χ3v) is 2.60. The summed E-state index contributed by atoms with van der Waals surface area (Å²) in [6.45, 7) is 12.1. The Balaban J connectivity index is 4.07. The van der Waals surface area contributed by atoms with Crippen LogP contribution in [-0.2, 0) is 4.74 Å². The molecule has 0 aromatic carbocycles. The topological polar surface area (TPSA) is 38.3 Å². The van der Waals surface area contributed by atoms with E-state index in [0.29, 0.717) is 5.92 Å². The molecule has 0 heterocycles. The van der Waals surface area contributed by atoms with Gasteiger partial charge in [0.15, 0.2) is 0 Å². The second-order valence-corrected chi connectivity index (χ2v) is 5.50. The van der Waals surface area contributed by atoms with Crippen molar-refractivity contribution >= 4 is 6.09 Å². The smallest absolute Gasteiger partial charge is 0.407 e. The summed E-state index contributed by atoms with van der Waals surface area (Å²) in [6.07, 6.45) is 2.81. The van der Waals surface area contributed by atoms with Crippen molar-refractivity contribution in [3.05, 3.63) is 0 Å². The van der Waals surface area contributed by atoms with Gasteiger partial charge < -0.3 is 10.1 Å². The van der Waals surface area contributed by atoms with Gasteiger partial charge in [-0.3, -0.25) is 0 Å². The van der Waals surface area contributed by atoms with Gasteiger partial charge >= 0.3 is 6.09 Å². The zero-order valence-corrected chi connectivity index (χ0v) is 11.6. The van der Waals surface area contributed by atoms with Gasteiger partial charge in [-0.05, 0) is 39.5 Å². The Labute approximate surface area is 99.9 Å². The summed E-state index contributed by atoms with van der Waals surface area (Å²) in [6, 6.07) is 0.227. The number of alkyl carbamates (subject to hydrolysis) is 1. The Morgan fingerprint density at radius 3 is 2.19 bits per heavy atom. The second kappa shape index (κ2) is 6.77. The predicted molar refractivity (Wildman–Crippen MR) is 67.5 cm³/mol. The third kappa shape index (κ3) is 7.55. The molecule has 96 valence electrons. The number of ether oxygens (including phenoxy) is 1. The molecule has 16 heavy (non-hydrogen) atoms. The van der Waals surface area contributed by atoms with Crippen LogP contribution in [0.3, 0.4) is 0 Å². The Bertz CT molecular complexity index is 208. The van der Waals surface area contributed by atoms with Crippen LogP contribution in [0.5, 0.6) is 0 Å². The number of amides is 1. The first-order valence-electron chi connectivity index (χ1n) is 6.28. The summed E-state index contributed by atoms with van der Waals surface area (Å²) < 4.78 is 5.24. The molecule has 0 spiro atoms. The first-order valence-corrected chi connectivity index (χ1v) is 6.28. The number of hydrogen-bond acceptors (Lipinski definition) is 2. The molecule has 1 N–H and O–H groups in total. The predicted octanol–water partition coefficient (Wildman–Crippen LogP) is 3.73. The second-order valence-electron chi connectivity index (χ2n) is 5.50.